The van der Waals surface area contributed by atoms with E-state index >= 15 is 0 Å². The topological polar surface area (TPSA) is 105 Å². The Morgan fingerprint density at radius 1 is 1.18 bits per heavy atom. The monoisotopic (exact) mass is 306 g/mol. The van der Waals surface area contributed by atoms with E-state index in [4.69, 9.17) is 5.11 Å². The van der Waals surface area contributed by atoms with Gasteiger partial charge < -0.3 is 20.5 Å². The lowest BCUT2D eigenvalue weighted by Gasteiger charge is -2.12. The Balaban J connectivity index is 1.85. The summed E-state index contributed by atoms with van der Waals surface area (Å²) in [5.74, 6) is -2.02. The van der Waals surface area contributed by atoms with Gasteiger partial charge in [0.2, 0.25) is 0 Å². The third kappa shape index (κ3) is 3.82. The zero-order valence-electron chi connectivity index (χ0n) is 12.2. The number of amides is 2. The van der Waals surface area contributed by atoms with Gasteiger partial charge in [-0.25, -0.2) is 4.79 Å². The second-order valence-electron chi connectivity index (χ2n) is 5.36. The Morgan fingerprint density at radius 2 is 1.82 bits per heavy atom. The van der Waals surface area contributed by atoms with Crippen LogP contribution in [0.4, 0.5) is 5.69 Å². The molecule has 7 nitrogen and oxygen atoms in total. The molecule has 1 saturated carbocycles. The van der Waals surface area contributed by atoms with Gasteiger partial charge in [0.25, 0.3) is 0 Å². The molecule has 118 valence electrons. The third-order valence-corrected chi connectivity index (χ3v) is 3.69. The minimum Gasteiger partial charge on any atom is -0.465 e. The van der Waals surface area contributed by atoms with Crippen molar-refractivity contribution >= 4 is 23.5 Å². The van der Waals surface area contributed by atoms with E-state index < -0.39 is 17.8 Å². The first kappa shape index (κ1) is 16.0. The third-order valence-electron chi connectivity index (χ3n) is 3.69. The van der Waals surface area contributed by atoms with E-state index in [0.717, 1.165) is 12.8 Å². The number of esters is 1. The van der Waals surface area contributed by atoms with Crippen molar-refractivity contribution in [2.75, 3.05) is 25.6 Å². The average molecular weight is 306 g/mol. The van der Waals surface area contributed by atoms with Crippen molar-refractivity contribution < 1.29 is 24.2 Å². The summed E-state index contributed by atoms with van der Waals surface area (Å²) in [7, 11) is 1.28. The summed E-state index contributed by atoms with van der Waals surface area (Å²) in [6.07, 6.45) is 1.70. The highest BCUT2D eigenvalue weighted by Gasteiger charge is 2.42. The lowest BCUT2D eigenvalue weighted by molar-refractivity contribution is -0.136. The Labute approximate surface area is 127 Å². The highest BCUT2D eigenvalue weighted by atomic mass is 16.5. The maximum atomic E-state index is 11.7. The number of anilines is 1. The summed E-state index contributed by atoms with van der Waals surface area (Å²) in [5.41, 5.74) is 0.498. The van der Waals surface area contributed by atoms with Crippen molar-refractivity contribution in [2.45, 2.75) is 12.8 Å². The van der Waals surface area contributed by atoms with Gasteiger partial charge in [-0.05, 0) is 37.1 Å². The molecule has 0 unspecified atom stereocenters. The van der Waals surface area contributed by atoms with Gasteiger partial charge in [-0.15, -0.1) is 0 Å². The van der Waals surface area contributed by atoms with Crippen LogP contribution in [-0.4, -0.2) is 43.2 Å². The molecule has 22 heavy (non-hydrogen) atoms. The Kier molecular flexibility index (Phi) is 4.77. The fourth-order valence-electron chi connectivity index (χ4n) is 1.91. The largest absolute Gasteiger partial charge is 0.465 e. The summed E-state index contributed by atoms with van der Waals surface area (Å²) in [4.78, 5) is 34.7. The molecule has 0 aliphatic heterocycles. The van der Waals surface area contributed by atoms with Crippen molar-refractivity contribution in [2.24, 2.45) is 5.41 Å². The molecule has 0 saturated heterocycles. The minimum atomic E-state index is -0.792. The van der Waals surface area contributed by atoms with Gasteiger partial charge >= 0.3 is 17.8 Å². The lowest BCUT2D eigenvalue weighted by atomic mass is 10.1. The maximum absolute atomic E-state index is 11.7. The smallest absolute Gasteiger partial charge is 0.337 e. The molecule has 7 heteroatoms. The van der Waals surface area contributed by atoms with Crippen molar-refractivity contribution in [3.8, 4) is 0 Å². The van der Waals surface area contributed by atoms with E-state index in [1.54, 1.807) is 0 Å². The molecule has 1 fully saturated rings. The van der Waals surface area contributed by atoms with Crippen LogP contribution < -0.4 is 10.6 Å². The standard InChI is InChI=1S/C15H18N2O5/c1-22-14(21)10-2-4-11(5-3-10)17-13(20)12(19)16-8-15(9-18)6-7-15/h2-5,18H,6-9H2,1H3,(H,16,19)(H,17,20). The lowest BCUT2D eigenvalue weighted by Crippen LogP contribution is -2.39. The van der Waals surface area contributed by atoms with E-state index in [2.05, 4.69) is 15.4 Å². The number of nitrogens with one attached hydrogen (secondary N) is 2. The van der Waals surface area contributed by atoms with E-state index in [-0.39, 0.29) is 18.6 Å². The second-order valence-corrected chi connectivity index (χ2v) is 5.36. The number of aliphatic hydroxyl groups is 1. The number of hydrogen-bond donors (Lipinski definition) is 3. The van der Waals surface area contributed by atoms with Crippen LogP contribution in [0.25, 0.3) is 0 Å². The number of ether oxygens (including phenoxy) is 1. The molecule has 2 rings (SSSR count). The first-order chi connectivity index (χ1) is 10.5. The van der Waals surface area contributed by atoms with E-state index in [0.29, 0.717) is 11.3 Å². The zero-order chi connectivity index (χ0) is 16.2. The van der Waals surface area contributed by atoms with Gasteiger partial charge in [0.1, 0.15) is 0 Å². The maximum Gasteiger partial charge on any atom is 0.337 e. The first-order valence-corrected chi connectivity index (χ1v) is 6.88. The van der Waals surface area contributed by atoms with E-state index in [1.165, 1.54) is 31.4 Å². The number of carbonyl (C=O) groups excluding carboxylic acids is 3. The highest BCUT2D eigenvalue weighted by molar-refractivity contribution is 6.39. The van der Waals surface area contributed by atoms with Gasteiger partial charge in [-0.1, -0.05) is 0 Å². The minimum absolute atomic E-state index is 0.00386. The molecule has 0 aromatic heterocycles. The molecule has 1 aliphatic carbocycles. The van der Waals surface area contributed by atoms with Gasteiger partial charge in [0.15, 0.2) is 0 Å². The molecular weight excluding hydrogens is 288 g/mol. The van der Waals surface area contributed by atoms with Crippen LogP contribution in [0, 0.1) is 5.41 Å². The summed E-state index contributed by atoms with van der Waals surface area (Å²) in [6.45, 7) is 0.293. The van der Waals surface area contributed by atoms with Crippen molar-refractivity contribution in [3.05, 3.63) is 29.8 Å². The number of rotatable bonds is 5. The summed E-state index contributed by atoms with van der Waals surface area (Å²) < 4.78 is 4.56. The SMILES string of the molecule is COC(=O)c1ccc(NC(=O)C(=O)NCC2(CO)CC2)cc1. The van der Waals surface area contributed by atoms with Crippen LogP contribution in [0.3, 0.4) is 0 Å². The number of carbonyl (C=O) groups is 3. The molecule has 0 radical (unpaired) electrons. The van der Waals surface area contributed by atoms with Crippen molar-refractivity contribution in [1.82, 2.24) is 5.32 Å². The Hall–Kier alpha value is -2.41. The van der Waals surface area contributed by atoms with Crippen molar-refractivity contribution in [1.29, 1.82) is 0 Å². The average Bonchev–Trinajstić information content (AvgIpc) is 3.33. The van der Waals surface area contributed by atoms with Gasteiger partial charge in [0.05, 0.1) is 19.3 Å². The summed E-state index contributed by atoms with van der Waals surface area (Å²) in [5, 5.41) is 14.1. The molecule has 0 spiro atoms. The molecule has 0 bridgehead atoms. The predicted molar refractivity (Wildman–Crippen MR) is 78.2 cm³/mol. The van der Waals surface area contributed by atoms with Gasteiger partial charge in [0, 0.05) is 17.6 Å². The van der Waals surface area contributed by atoms with Crippen LogP contribution >= 0.6 is 0 Å². The summed E-state index contributed by atoms with van der Waals surface area (Å²) >= 11 is 0. The second kappa shape index (κ2) is 6.57. The van der Waals surface area contributed by atoms with Crippen LogP contribution in [0.2, 0.25) is 0 Å². The number of benzene rings is 1. The Bertz CT molecular complexity index is 578. The van der Waals surface area contributed by atoms with Crippen molar-refractivity contribution in [3.63, 3.8) is 0 Å². The van der Waals surface area contributed by atoms with Crippen LogP contribution in [0.1, 0.15) is 23.2 Å². The number of hydrogen-bond acceptors (Lipinski definition) is 5. The molecule has 1 aromatic rings. The van der Waals surface area contributed by atoms with Crippen LogP contribution in [0.5, 0.6) is 0 Å². The molecule has 3 N–H and O–H groups in total. The fourth-order valence-corrected chi connectivity index (χ4v) is 1.91. The zero-order valence-corrected chi connectivity index (χ0v) is 12.2. The molecule has 1 aliphatic rings. The van der Waals surface area contributed by atoms with Gasteiger partial charge in [-0.2, -0.15) is 0 Å². The van der Waals surface area contributed by atoms with Gasteiger partial charge in [-0.3, -0.25) is 9.59 Å². The predicted octanol–water partition coefficient (Wildman–Crippen LogP) is 0.300. The molecule has 2 amide bonds. The normalized spacial score (nSPS) is 14.8. The van der Waals surface area contributed by atoms with E-state index in [9.17, 15) is 14.4 Å². The molecular formula is C15H18N2O5. The number of methoxy groups -OCH3 is 1. The molecule has 0 atom stereocenters. The Morgan fingerprint density at radius 3 is 2.32 bits per heavy atom. The first-order valence-electron chi connectivity index (χ1n) is 6.88. The van der Waals surface area contributed by atoms with Crippen LogP contribution in [-0.2, 0) is 14.3 Å². The summed E-state index contributed by atoms with van der Waals surface area (Å²) in [6, 6.07) is 6.00. The fraction of sp³-hybridized carbons (Fsp3) is 0.400. The van der Waals surface area contributed by atoms with Crippen LogP contribution in [0.15, 0.2) is 24.3 Å². The molecule has 0 heterocycles. The number of aliphatic hydroxyl groups excluding tert-OH is 1. The highest BCUT2D eigenvalue weighted by Crippen LogP contribution is 2.44. The molecule has 1 aromatic carbocycles. The quantitative estimate of drug-likeness (QED) is 0.536. The van der Waals surface area contributed by atoms with E-state index in [1.807, 2.05) is 0 Å².